The van der Waals surface area contributed by atoms with E-state index in [1.807, 2.05) is 24.3 Å². The number of ether oxygens (including phenoxy) is 1. The molecular formula is C15H14Br2ClNO. The number of anilines is 1. The molecule has 0 radical (unpaired) electrons. The summed E-state index contributed by atoms with van der Waals surface area (Å²) in [5.41, 5.74) is 2.04. The van der Waals surface area contributed by atoms with Gasteiger partial charge in [0.1, 0.15) is 0 Å². The van der Waals surface area contributed by atoms with E-state index in [2.05, 4.69) is 56.2 Å². The molecule has 0 aliphatic rings. The summed E-state index contributed by atoms with van der Waals surface area (Å²) in [7, 11) is 1.64. The lowest BCUT2D eigenvalue weighted by Crippen LogP contribution is -2.08. The maximum Gasteiger partial charge on any atom is 0.156 e. The van der Waals surface area contributed by atoms with E-state index < -0.39 is 0 Å². The number of hydrogen-bond acceptors (Lipinski definition) is 2. The van der Waals surface area contributed by atoms with Crippen LogP contribution in [0.3, 0.4) is 0 Å². The van der Waals surface area contributed by atoms with Crippen molar-refractivity contribution >= 4 is 49.1 Å². The number of methoxy groups -OCH3 is 1. The highest BCUT2D eigenvalue weighted by Gasteiger charge is 2.13. The molecule has 0 bridgehead atoms. The van der Waals surface area contributed by atoms with Crippen molar-refractivity contribution in [2.24, 2.45) is 0 Å². The smallest absolute Gasteiger partial charge is 0.156 e. The Morgan fingerprint density at radius 3 is 2.60 bits per heavy atom. The van der Waals surface area contributed by atoms with Gasteiger partial charge < -0.3 is 10.1 Å². The van der Waals surface area contributed by atoms with Crippen LogP contribution in [0.1, 0.15) is 18.5 Å². The summed E-state index contributed by atoms with van der Waals surface area (Å²) >= 11 is 13.0. The number of rotatable bonds is 4. The summed E-state index contributed by atoms with van der Waals surface area (Å²) in [5.74, 6) is 0.747. The molecule has 20 heavy (non-hydrogen) atoms. The topological polar surface area (TPSA) is 21.3 Å². The second-order valence-corrected chi connectivity index (χ2v) is 6.60. The van der Waals surface area contributed by atoms with E-state index in [0.29, 0.717) is 5.02 Å². The third-order valence-electron chi connectivity index (χ3n) is 2.93. The summed E-state index contributed by atoms with van der Waals surface area (Å²) in [4.78, 5) is 0. The lowest BCUT2D eigenvalue weighted by Gasteiger charge is -2.19. The first kappa shape index (κ1) is 15.7. The highest BCUT2D eigenvalue weighted by molar-refractivity contribution is 9.10. The fraction of sp³-hybridized carbons (Fsp3) is 0.200. The van der Waals surface area contributed by atoms with Crippen LogP contribution in [0.5, 0.6) is 5.75 Å². The maximum atomic E-state index is 6.10. The summed E-state index contributed by atoms with van der Waals surface area (Å²) in [6.07, 6.45) is 0. The van der Waals surface area contributed by atoms with Crippen molar-refractivity contribution < 1.29 is 4.74 Å². The second kappa shape index (κ2) is 6.83. The standard InChI is InChI=1S/C15H14Br2ClNO/c1-9(10-4-3-5-11(16)6-10)19-14-8-12(18)7-13(17)15(14)20-2/h3-9,19H,1-2H3. The minimum Gasteiger partial charge on any atom is -0.493 e. The van der Waals surface area contributed by atoms with Gasteiger partial charge in [0, 0.05) is 15.5 Å². The molecule has 2 nitrogen and oxygen atoms in total. The molecule has 106 valence electrons. The van der Waals surface area contributed by atoms with E-state index >= 15 is 0 Å². The van der Waals surface area contributed by atoms with Crippen LogP contribution in [0.15, 0.2) is 45.3 Å². The molecular weight excluding hydrogens is 405 g/mol. The molecule has 0 aliphatic heterocycles. The molecule has 1 N–H and O–H groups in total. The van der Waals surface area contributed by atoms with Crippen molar-refractivity contribution in [3.8, 4) is 5.75 Å². The zero-order chi connectivity index (χ0) is 14.7. The molecule has 0 aliphatic carbocycles. The van der Waals surface area contributed by atoms with Gasteiger partial charge in [-0.1, -0.05) is 39.7 Å². The predicted molar refractivity (Wildman–Crippen MR) is 91.9 cm³/mol. The molecule has 0 heterocycles. The molecule has 0 spiro atoms. The molecule has 1 atom stereocenters. The third kappa shape index (κ3) is 3.68. The Kier molecular flexibility index (Phi) is 5.35. The molecule has 0 saturated carbocycles. The van der Waals surface area contributed by atoms with Crippen LogP contribution in [0.4, 0.5) is 5.69 Å². The highest BCUT2D eigenvalue weighted by atomic mass is 79.9. The van der Waals surface area contributed by atoms with Gasteiger partial charge in [-0.25, -0.2) is 0 Å². The van der Waals surface area contributed by atoms with Crippen molar-refractivity contribution in [2.75, 3.05) is 12.4 Å². The van der Waals surface area contributed by atoms with Crippen LogP contribution in [0.25, 0.3) is 0 Å². The molecule has 2 aromatic rings. The second-order valence-electron chi connectivity index (χ2n) is 4.39. The largest absolute Gasteiger partial charge is 0.493 e. The van der Waals surface area contributed by atoms with Crippen LogP contribution < -0.4 is 10.1 Å². The average Bonchev–Trinajstić information content (AvgIpc) is 2.38. The van der Waals surface area contributed by atoms with Gasteiger partial charge in [-0.15, -0.1) is 0 Å². The van der Waals surface area contributed by atoms with Gasteiger partial charge in [-0.05, 0) is 52.7 Å². The molecule has 2 aromatic carbocycles. The monoisotopic (exact) mass is 417 g/mol. The first-order chi connectivity index (χ1) is 9.51. The lowest BCUT2D eigenvalue weighted by molar-refractivity contribution is 0.413. The molecule has 0 amide bonds. The van der Waals surface area contributed by atoms with Crippen molar-refractivity contribution in [1.82, 2.24) is 0 Å². The van der Waals surface area contributed by atoms with Gasteiger partial charge in [-0.2, -0.15) is 0 Å². The molecule has 5 heteroatoms. The molecule has 0 saturated heterocycles. The minimum atomic E-state index is 0.131. The Balaban J connectivity index is 2.30. The van der Waals surface area contributed by atoms with Gasteiger partial charge in [0.25, 0.3) is 0 Å². The van der Waals surface area contributed by atoms with E-state index in [9.17, 15) is 0 Å². The van der Waals surface area contributed by atoms with Crippen LogP contribution in [-0.4, -0.2) is 7.11 Å². The van der Waals surface area contributed by atoms with Gasteiger partial charge in [0.05, 0.1) is 17.3 Å². The van der Waals surface area contributed by atoms with Crippen molar-refractivity contribution in [1.29, 1.82) is 0 Å². The van der Waals surface area contributed by atoms with E-state index in [0.717, 1.165) is 20.4 Å². The first-order valence-corrected chi connectivity index (χ1v) is 8.02. The number of nitrogens with one attached hydrogen (secondary N) is 1. The Bertz CT molecular complexity index is 619. The number of benzene rings is 2. The zero-order valence-corrected chi connectivity index (χ0v) is 15.0. The summed E-state index contributed by atoms with van der Waals surface area (Å²) in [6, 6.07) is 12.0. The maximum absolute atomic E-state index is 6.10. The van der Waals surface area contributed by atoms with E-state index in [1.54, 1.807) is 7.11 Å². The normalized spacial score (nSPS) is 12.1. The Labute approximate surface area is 140 Å². The van der Waals surface area contributed by atoms with Crippen LogP contribution >= 0.6 is 43.5 Å². The summed E-state index contributed by atoms with van der Waals surface area (Å²) < 4.78 is 7.30. The Hall–Kier alpha value is -0.710. The minimum absolute atomic E-state index is 0.131. The Morgan fingerprint density at radius 2 is 1.95 bits per heavy atom. The highest BCUT2D eigenvalue weighted by Crippen LogP contribution is 2.38. The first-order valence-electron chi connectivity index (χ1n) is 6.06. The van der Waals surface area contributed by atoms with Gasteiger partial charge in [0.15, 0.2) is 5.75 Å². The molecule has 0 fully saturated rings. The van der Waals surface area contributed by atoms with Crippen molar-refractivity contribution in [3.05, 3.63) is 55.9 Å². The molecule has 0 aromatic heterocycles. The van der Waals surface area contributed by atoms with E-state index in [4.69, 9.17) is 16.3 Å². The van der Waals surface area contributed by atoms with Gasteiger partial charge >= 0.3 is 0 Å². The van der Waals surface area contributed by atoms with Crippen LogP contribution in [0, 0.1) is 0 Å². The average molecular weight is 420 g/mol. The van der Waals surface area contributed by atoms with Crippen LogP contribution in [0.2, 0.25) is 5.02 Å². The van der Waals surface area contributed by atoms with Crippen LogP contribution in [-0.2, 0) is 0 Å². The van der Waals surface area contributed by atoms with Crippen molar-refractivity contribution in [3.63, 3.8) is 0 Å². The van der Waals surface area contributed by atoms with E-state index in [1.165, 1.54) is 5.56 Å². The molecule has 1 unspecified atom stereocenters. The quantitative estimate of drug-likeness (QED) is 0.652. The lowest BCUT2D eigenvalue weighted by atomic mass is 10.1. The van der Waals surface area contributed by atoms with Crippen molar-refractivity contribution in [2.45, 2.75) is 13.0 Å². The van der Waals surface area contributed by atoms with Gasteiger partial charge in [0.2, 0.25) is 0 Å². The summed E-state index contributed by atoms with van der Waals surface area (Å²) in [6.45, 7) is 2.09. The third-order valence-corrected chi connectivity index (χ3v) is 4.23. The fourth-order valence-electron chi connectivity index (χ4n) is 1.97. The number of hydrogen-bond donors (Lipinski definition) is 1. The molecule has 2 rings (SSSR count). The SMILES string of the molecule is COc1c(Br)cc(Cl)cc1NC(C)c1cccc(Br)c1. The predicted octanol–water partition coefficient (Wildman–Crippen LogP) is 6.05. The summed E-state index contributed by atoms with van der Waals surface area (Å²) in [5, 5.41) is 4.08. The zero-order valence-electron chi connectivity index (χ0n) is 11.1. The Morgan fingerprint density at radius 1 is 1.20 bits per heavy atom. The number of halogens is 3. The van der Waals surface area contributed by atoms with E-state index in [-0.39, 0.29) is 6.04 Å². The van der Waals surface area contributed by atoms with Gasteiger partial charge in [-0.3, -0.25) is 0 Å². The fourth-order valence-corrected chi connectivity index (χ4v) is 3.36.